The molecule has 0 aromatic heterocycles. The van der Waals surface area contributed by atoms with Crippen molar-refractivity contribution in [2.75, 3.05) is 6.67 Å². The summed E-state index contributed by atoms with van der Waals surface area (Å²) in [6, 6.07) is 0. The van der Waals surface area contributed by atoms with Gasteiger partial charge in [0.1, 0.15) is 6.67 Å². The molecule has 0 aliphatic rings. The number of esters is 1. The van der Waals surface area contributed by atoms with E-state index in [0.29, 0.717) is 0 Å². The molecule has 90 valence electrons. The minimum Gasteiger partial charge on any atom is -0.454 e. The third-order valence-electron chi connectivity index (χ3n) is 1.47. The molecule has 3 unspecified atom stereocenters. The zero-order chi connectivity index (χ0) is 12.0. The highest BCUT2D eigenvalue weighted by Gasteiger charge is 2.34. The van der Waals surface area contributed by atoms with Gasteiger partial charge in [-0.2, -0.15) is 0 Å². The molecule has 15 heavy (non-hydrogen) atoms. The molecule has 6 heteroatoms. The van der Waals surface area contributed by atoms with Crippen molar-refractivity contribution in [1.82, 2.24) is 0 Å². The zero-order valence-corrected chi connectivity index (χ0v) is 8.88. The molecule has 0 aromatic carbocycles. The van der Waals surface area contributed by atoms with Gasteiger partial charge in [-0.3, -0.25) is 4.79 Å². The molecule has 0 aliphatic heterocycles. The summed E-state index contributed by atoms with van der Waals surface area (Å²) in [5.74, 6) is -0.883. The average Bonchev–Trinajstić information content (AvgIpc) is 2.11. The lowest BCUT2D eigenvalue weighted by molar-refractivity contribution is -0.187. The molecule has 0 radical (unpaired) electrons. The molecule has 0 amide bonds. The summed E-state index contributed by atoms with van der Waals surface area (Å²) in [5, 5.41) is 0. The van der Waals surface area contributed by atoms with Crippen LogP contribution in [0.1, 0.15) is 20.8 Å². The van der Waals surface area contributed by atoms with Crippen molar-refractivity contribution >= 4 is 5.97 Å². The van der Waals surface area contributed by atoms with Gasteiger partial charge in [0, 0.05) is 6.92 Å². The van der Waals surface area contributed by atoms with Crippen LogP contribution in [0.25, 0.3) is 0 Å². The van der Waals surface area contributed by atoms with Crippen molar-refractivity contribution < 1.29 is 27.4 Å². The van der Waals surface area contributed by atoms with E-state index < -0.39 is 37.4 Å². The number of carbonyl (C=O) groups excluding carboxylic acids is 1. The van der Waals surface area contributed by atoms with Crippen molar-refractivity contribution in [3.05, 3.63) is 0 Å². The highest BCUT2D eigenvalue weighted by Crippen LogP contribution is 2.16. The molecule has 0 aromatic rings. The first-order valence-corrected chi connectivity index (χ1v) is 4.55. The number of ether oxygens (including phenoxy) is 2. The SMILES string of the molecule is CC(=O)OC(C(F)CF)C(F)OC(C)C. The van der Waals surface area contributed by atoms with Gasteiger partial charge in [0.15, 0.2) is 12.3 Å². The summed E-state index contributed by atoms with van der Waals surface area (Å²) in [6.07, 6.45) is -6.75. The van der Waals surface area contributed by atoms with Crippen LogP contribution in [0.4, 0.5) is 13.2 Å². The maximum Gasteiger partial charge on any atom is 0.303 e. The minimum absolute atomic E-state index is 0.509. The number of alkyl halides is 3. The summed E-state index contributed by atoms with van der Waals surface area (Å²) >= 11 is 0. The molecule has 3 nitrogen and oxygen atoms in total. The Balaban J connectivity index is 4.39. The summed E-state index contributed by atoms with van der Waals surface area (Å²) in [5.41, 5.74) is 0. The third kappa shape index (κ3) is 5.61. The van der Waals surface area contributed by atoms with Crippen molar-refractivity contribution in [2.45, 2.75) is 45.5 Å². The fraction of sp³-hybridized carbons (Fsp3) is 0.889. The van der Waals surface area contributed by atoms with Gasteiger partial charge in [-0.1, -0.05) is 0 Å². The molecule has 0 saturated carbocycles. The molecule has 0 heterocycles. The van der Waals surface area contributed by atoms with Crippen LogP contribution in [-0.2, 0) is 14.3 Å². The molecule has 0 rings (SSSR count). The predicted octanol–water partition coefficient (Wildman–Crippen LogP) is 1.95. The molecule has 0 N–H and O–H groups in total. The Morgan fingerprint density at radius 1 is 1.33 bits per heavy atom. The van der Waals surface area contributed by atoms with Crippen LogP contribution in [0.2, 0.25) is 0 Å². The minimum atomic E-state index is -2.22. The van der Waals surface area contributed by atoms with Gasteiger partial charge in [-0.25, -0.2) is 13.2 Å². The molecule has 0 fully saturated rings. The van der Waals surface area contributed by atoms with E-state index in [2.05, 4.69) is 9.47 Å². The second-order valence-electron chi connectivity index (χ2n) is 3.28. The monoisotopic (exact) mass is 228 g/mol. The van der Waals surface area contributed by atoms with E-state index in [-0.39, 0.29) is 0 Å². The molecule has 0 aliphatic carbocycles. The molecular weight excluding hydrogens is 213 g/mol. The molecule has 3 atom stereocenters. The Morgan fingerprint density at radius 2 is 1.87 bits per heavy atom. The summed E-state index contributed by atoms with van der Waals surface area (Å²) in [4.78, 5) is 10.5. The number of halogens is 3. The Labute approximate surface area is 86.5 Å². The topological polar surface area (TPSA) is 35.5 Å². The lowest BCUT2D eigenvalue weighted by Crippen LogP contribution is -2.40. The fourth-order valence-corrected chi connectivity index (χ4v) is 0.908. The first kappa shape index (κ1) is 14.2. The summed E-state index contributed by atoms with van der Waals surface area (Å²) in [6.45, 7) is 2.61. The normalized spacial score (nSPS) is 17.3. The van der Waals surface area contributed by atoms with Crippen molar-refractivity contribution in [2.24, 2.45) is 0 Å². The Hall–Kier alpha value is -0.780. The predicted molar refractivity (Wildman–Crippen MR) is 47.5 cm³/mol. The van der Waals surface area contributed by atoms with Gasteiger partial charge in [-0.05, 0) is 13.8 Å². The van der Waals surface area contributed by atoms with Crippen LogP contribution < -0.4 is 0 Å². The van der Waals surface area contributed by atoms with Crippen LogP contribution in [0.3, 0.4) is 0 Å². The van der Waals surface area contributed by atoms with Gasteiger partial charge in [0.2, 0.25) is 6.36 Å². The van der Waals surface area contributed by atoms with Crippen LogP contribution in [0.5, 0.6) is 0 Å². The summed E-state index contributed by atoms with van der Waals surface area (Å²) < 4.78 is 47.0. The Kier molecular flexibility index (Phi) is 6.31. The van der Waals surface area contributed by atoms with Crippen LogP contribution in [-0.4, -0.2) is 37.4 Å². The number of hydrogen-bond acceptors (Lipinski definition) is 3. The smallest absolute Gasteiger partial charge is 0.303 e. The van der Waals surface area contributed by atoms with E-state index in [1.807, 2.05) is 0 Å². The van der Waals surface area contributed by atoms with Gasteiger partial charge in [0.25, 0.3) is 0 Å². The van der Waals surface area contributed by atoms with Gasteiger partial charge in [0.05, 0.1) is 6.10 Å². The number of hydrogen-bond donors (Lipinski definition) is 0. The van der Waals surface area contributed by atoms with Gasteiger partial charge in [-0.15, -0.1) is 0 Å². The van der Waals surface area contributed by atoms with Gasteiger partial charge >= 0.3 is 5.97 Å². The molecular formula is C9H15F3O3. The van der Waals surface area contributed by atoms with Crippen molar-refractivity contribution in [3.8, 4) is 0 Å². The highest BCUT2D eigenvalue weighted by atomic mass is 19.2. The van der Waals surface area contributed by atoms with Crippen molar-refractivity contribution in [1.29, 1.82) is 0 Å². The van der Waals surface area contributed by atoms with E-state index in [1.54, 1.807) is 0 Å². The van der Waals surface area contributed by atoms with Crippen LogP contribution >= 0.6 is 0 Å². The largest absolute Gasteiger partial charge is 0.454 e. The van der Waals surface area contributed by atoms with E-state index in [9.17, 15) is 18.0 Å². The second-order valence-corrected chi connectivity index (χ2v) is 3.28. The first-order chi connectivity index (χ1) is 6.88. The molecule has 0 bridgehead atoms. The number of carbonyl (C=O) groups is 1. The van der Waals surface area contributed by atoms with Crippen LogP contribution in [0, 0.1) is 0 Å². The van der Waals surface area contributed by atoms with Crippen LogP contribution in [0.15, 0.2) is 0 Å². The lowest BCUT2D eigenvalue weighted by Gasteiger charge is -2.23. The average molecular weight is 228 g/mol. The highest BCUT2D eigenvalue weighted by molar-refractivity contribution is 5.66. The molecule has 0 saturated heterocycles. The first-order valence-electron chi connectivity index (χ1n) is 4.55. The van der Waals surface area contributed by atoms with Crippen molar-refractivity contribution in [3.63, 3.8) is 0 Å². The second kappa shape index (κ2) is 6.66. The Bertz CT molecular complexity index is 199. The summed E-state index contributed by atoms with van der Waals surface area (Å²) in [7, 11) is 0. The van der Waals surface area contributed by atoms with E-state index >= 15 is 0 Å². The fourth-order valence-electron chi connectivity index (χ4n) is 0.908. The standard InChI is InChI=1S/C9H15F3O3/c1-5(2)14-9(12)8(7(11)4-10)15-6(3)13/h5,7-9H,4H2,1-3H3. The van der Waals surface area contributed by atoms with E-state index in [0.717, 1.165) is 6.92 Å². The van der Waals surface area contributed by atoms with E-state index in [1.165, 1.54) is 13.8 Å². The maximum atomic E-state index is 13.2. The lowest BCUT2D eigenvalue weighted by atomic mass is 10.2. The zero-order valence-electron chi connectivity index (χ0n) is 8.88. The third-order valence-corrected chi connectivity index (χ3v) is 1.47. The van der Waals surface area contributed by atoms with E-state index in [4.69, 9.17) is 0 Å². The van der Waals surface area contributed by atoms with Gasteiger partial charge < -0.3 is 9.47 Å². The number of rotatable bonds is 6. The Morgan fingerprint density at radius 3 is 2.20 bits per heavy atom. The quantitative estimate of drug-likeness (QED) is 0.652. The maximum absolute atomic E-state index is 13.2. The molecule has 0 spiro atoms.